The molecule has 120 valence electrons. The highest BCUT2D eigenvalue weighted by atomic mass is 28.4. The van der Waals surface area contributed by atoms with Gasteiger partial charge in [-0.05, 0) is 39.3 Å². The molecule has 0 atom stereocenters. The molecule has 6 heteroatoms. The Morgan fingerprint density at radius 1 is 0.952 bits per heavy atom. The maximum Gasteiger partial charge on any atom is 0.334 e. The minimum absolute atomic E-state index is 0.0485. The van der Waals surface area contributed by atoms with E-state index in [0.29, 0.717) is 19.6 Å². The van der Waals surface area contributed by atoms with Gasteiger partial charge in [-0.1, -0.05) is 6.42 Å². The molecule has 0 saturated carbocycles. The molecule has 0 bridgehead atoms. The number of hydrogen-bond acceptors (Lipinski definition) is 2. The Kier molecular flexibility index (Phi) is 7.41. The van der Waals surface area contributed by atoms with Crippen LogP contribution in [0.25, 0.3) is 0 Å². The van der Waals surface area contributed by atoms with Crippen molar-refractivity contribution in [1.82, 2.24) is 0 Å². The summed E-state index contributed by atoms with van der Waals surface area (Å²) in [4.78, 5) is 0. The molecule has 0 saturated heterocycles. The first-order valence-corrected chi connectivity index (χ1v) is 9.85. The van der Waals surface area contributed by atoms with Crippen molar-refractivity contribution >= 4 is 8.56 Å². The molecular weight excluding hydrogens is 297 g/mol. The molecule has 0 unspecified atom stereocenters. The zero-order valence-electron chi connectivity index (χ0n) is 12.8. The molecule has 0 N–H and O–H groups in total. The Bertz CT molecular complexity index is 426. The van der Waals surface area contributed by atoms with Gasteiger partial charge in [0.25, 0.3) is 0 Å². The molecule has 0 aliphatic rings. The average molecular weight is 320 g/mol. The highest BCUT2D eigenvalue weighted by Gasteiger charge is 2.29. The lowest BCUT2D eigenvalue weighted by Crippen LogP contribution is -2.38. The predicted octanol–water partition coefficient (Wildman–Crippen LogP) is 4.57. The third kappa shape index (κ3) is 5.80. The second kappa shape index (κ2) is 8.56. The van der Waals surface area contributed by atoms with Crippen LogP contribution in [0.5, 0.6) is 0 Å². The van der Waals surface area contributed by atoms with Crippen molar-refractivity contribution in [1.29, 1.82) is 0 Å². The summed E-state index contributed by atoms with van der Waals surface area (Å²) in [6, 6.07) is 2.22. The maximum atomic E-state index is 13.5. The van der Waals surface area contributed by atoms with Crippen molar-refractivity contribution in [3.8, 4) is 0 Å². The molecule has 0 aromatic heterocycles. The zero-order chi connectivity index (χ0) is 15.9. The van der Waals surface area contributed by atoms with Crippen molar-refractivity contribution in [2.45, 2.75) is 45.7 Å². The monoisotopic (exact) mass is 320 g/mol. The van der Waals surface area contributed by atoms with E-state index < -0.39 is 26.0 Å². The normalized spacial score (nSPS) is 11.9. The highest BCUT2D eigenvalue weighted by Crippen LogP contribution is 2.21. The quantitative estimate of drug-likeness (QED) is 0.490. The first kappa shape index (κ1) is 18.2. The molecule has 1 rings (SSSR count). The van der Waals surface area contributed by atoms with Crippen LogP contribution in [0, 0.1) is 17.5 Å². The van der Waals surface area contributed by atoms with E-state index in [4.69, 9.17) is 8.85 Å². The summed E-state index contributed by atoms with van der Waals surface area (Å²) in [5, 5.41) is 0. The van der Waals surface area contributed by atoms with Crippen LogP contribution >= 0.6 is 0 Å². The van der Waals surface area contributed by atoms with E-state index in [0.717, 1.165) is 24.6 Å². The Morgan fingerprint density at radius 3 is 1.95 bits per heavy atom. The van der Waals surface area contributed by atoms with Crippen LogP contribution in [0.15, 0.2) is 12.1 Å². The molecule has 0 amide bonds. The molecule has 1 aromatic rings. The van der Waals surface area contributed by atoms with Crippen molar-refractivity contribution in [2.24, 2.45) is 0 Å². The summed E-state index contributed by atoms with van der Waals surface area (Å²) in [6.07, 6.45) is 1.63. The second-order valence-corrected chi connectivity index (χ2v) is 8.40. The molecular formula is C15H23F3O2Si. The summed E-state index contributed by atoms with van der Waals surface area (Å²) >= 11 is 0. The summed E-state index contributed by atoms with van der Waals surface area (Å²) in [7, 11) is -2.17. The summed E-state index contributed by atoms with van der Waals surface area (Å²) in [5.41, 5.74) is -0.0485. The van der Waals surface area contributed by atoms with Gasteiger partial charge in [-0.15, -0.1) is 0 Å². The Morgan fingerprint density at radius 2 is 1.48 bits per heavy atom. The maximum absolute atomic E-state index is 13.5. The SMILES string of the molecule is CCO[Si](C)(CCCCc1c(F)cc(F)cc1F)OCC. The number of halogens is 3. The Balaban J connectivity index is 2.50. The zero-order valence-corrected chi connectivity index (χ0v) is 13.8. The van der Waals surface area contributed by atoms with E-state index in [1.54, 1.807) is 0 Å². The lowest BCUT2D eigenvalue weighted by molar-refractivity contribution is 0.188. The van der Waals surface area contributed by atoms with Crippen LogP contribution in [0.2, 0.25) is 12.6 Å². The molecule has 0 radical (unpaired) electrons. The van der Waals surface area contributed by atoms with Gasteiger partial charge in [0, 0.05) is 30.9 Å². The van der Waals surface area contributed by atoms with E-state index >= 15 is 0 Å². The fraction of sp³-hybridized carbons (Fsp3) is 0.600. The van der Waals surface area contributed by atoms with Crippen LogP contribution in [0.1, 0.15) is 32.3 Å². The lowest BCUT2D eigenvalue weighted by Gasteiger charge is -2.25. The standard InChI is InChI=1S/C15H23F3O2Si/c1-4-19-21(3,20-5-2)9-7-6-8-13-14(17)10-12(16)11-15(13)18/h10-11H,4-9H2,1-3H3. The molecule has 0 aliphatic heterocycles. The first-order chi connectivity index (χ1) is 9.91. The van der Waals surface area contributed by atoms with E-state index in [-0.39, 0.29) is 12.0 Å². The Labute approximate surface area is 125 Å². The van der Waals surface area contributed by atoms with Crippen molar-refractivity contribution in [2.75, 3.05) is 13.2 Å². The average Bonchev–Trinajstić information content (AvgIpc) is 2.37. The molecule has 0 spiro atoms. The number of hydrogen-bond donors (Lipinski definition) is 0. The molecule has 0 aliphatic carbocycles. The van der Waals surface area contributed by atoms with Gasteiger partial charge in [0.05, 0.1) is 0 Å². The smallest absolute Gasteiger partial charge is 0.334 e. The summed E-state index contributed by atoms with van der Waals surface area (Å²) < 4.78 is 51.2. The predicted molar refractivity (Wildman–Crippen MR) is 78.9 cm³/mol. The van der Waals surface area contributed by atoms with Crippen LogP contribution in [0.4, 0.5) is 13.2 Å². The number of benzene rings is 1. The second-order valence-electron chi connectivity index (χ2n) is 5.05. The van der Waals surface area contributed by atoms with Crippen molar-refractivity contribution in [3.63, 3.8) is 0 Å². The van der Waals surface area contributed by atoms with Crippen molar-refractivity contribution in [3.05, 3.63) is 35.1 Å². The van der Waals surface area contributed by atoms with Crippen LogP contribution in [-0.4, -0.2) is 21.8 Å². The third-order valence-corrected chi connectivity index (χ3v) is 6.37. The van der Waals surface area contributed by atoms with Gasteiger partial charge in [0.15, 0.2) is 0 Å². The van der Waals surface area contributed by atoms with Crippen LogP contribution in [0.3, 0.4) is 0 Å². The van der Waals surface area contributed by atoms with Gasteiger partial charge in [-0.2, -0.15) is 0 Å². The topological polar surface area (TPSA) is 18.5 Å². The Hall–Kier alpha value is -0.853. The molecule has 2 nitrogen and oxygen atoms in total. The minimum atomic E-state index is -2.17. The number of rotatable bonds is 9. The third-order valence-electron chi connectivity index (χ3n) is 3.31. The largest absolute Gasteiger partial charge is 0.395 e. The van der Waals surface area contributed by atoms with Gasteiger partial charge < -0.3 is 8.85 Å². The van der Waals surface area contributed by atoms with Gasteiger partial charge in [0.2, 0.25) is 0 Å². The summed E-state index contributed by atoms with van der Waals surface area (Å²) in [5.74, 6) is -2.52. The van der Waals surface area contributed by atoms with Gasteiger partial charge in [0.1, 0.15) is 17.5 Å². The number of unbranched alkanes of at least 4 members (excludes halogenated alkanes) is 1. The van der Waals surface area contributed by atoms with Crippen LogP contribution < -0.4 is 0 Å². The van der Waals surface area contributed by atoms with Crippen LogP contribution in [-0.2, 0) is 15.3 Å². The first-order valence-electron chi connectivity index (χ1n) is 7.33. The van der Waals surface area contributed by atoms with Crippen molar-refractivity contribution < 1.29 is 22.0 Å². The molecule has 0 heterocycles. The van der Waals surface area contributed by atoms with Gasteiger partial charge in [-0.25, -0.2) is 13.2 Å². The fourth-order valence-corrected chi connectivity index (χ4v) is 4.84. The van der Waals surface area contributed by atoms with E-state index in [2.05, 4.69) is 0 Å². The summed E-state index contributed by atoms with van der Waals surface area (Å²) in [6.45, 7) is 7.05. The van der Waals surface area contributed by atoms with Gasteiger partial charge in [-0.3, -0.25) is 0 Å². The molecule has 21 heavy (non-hydrogen) atoms. The van der Waals surface area contributed by atoms with E-state index in [1.165, 1.54) is 0 Å². The molecule has 1 aromatic carbocycles. The van der Waals surface area contributed by atoms with E-state index in [9.17, 15) is 13.2 Å². The van der Waals surface area contributed by atoms with E-state index in [1.807, 2.05) is 20.4 Å². The minimum Gasteiger partial charge on any atom is -0.395 e. The van der Waals surface area contributed by atoms with Gasteiger partial charge >= 0.3 is 8.56 Å². The highest BCUT2D eigenvalue weighted by molar-refractivity contribution is 6.66. The molecule has 0 fully saturated rings. The fourth-order valence-electron chi connectivity index (χ4n) is 2.36. The lowest BCUT2D eigenvalue weighted by atomic mass is 10.1.